The fourth-order valence-electron chi connectivity index (χ4n) is 2.68. The minimum absolute atomic E-state index is 0.110. The molecule has 1 heterocycles. The summed E-state index contributed by atoms with van der Waals surface area (Å²) in [6.45, 7) is 7.10. The monoisotopic (exact) mass is 345 g/mol. The molecule has 0 bridgehead atoms. The van der Waals surface area contributed by atoms with E-state index >= 15 is 0 Å². The van der Waals surface area contributed by atoms with Crippen LogP contribution in [0.25, 0.3) is 10.9 Å². The van der Waals surface area contributed by atoms with E-state index in [1.165, 1.54) is 18.7 Å². The summed E-state index contributed by atoms with van der Waals surface area (Å²) in [5.74, 6) is -1.74. The number of aliphatic carboxylic acids is 1. The highest BCUT2D eigenvalue weighted by atomic mass is 16.4. The van der Waals surface area contributed by atoms with E-state index in [1.54, 1.807) is 6.07 Å². The third-order valence-corrected chi connectivity index (χ3v) is 4.39. The molecule has 2 aromatic rings. The molecule has 3 N–H and O–H groups in total. The number of amides is 2. The van der Waals surface area contributed by atoms with Gasteiger partial charge in [-0.1, -0.05) is 6.07 Å². The molecule has 0 fully saturated rings. The lowest BCUT2D eigenvalue weighted by Gasteiger charge is -2.26. The van der Waals surface area contributed by atoms with Crippen LogP contribution in [0.4, 0.5) is 0 Å². The number of fused-ring (bicyclic) bond motifs is 1. The maximum absolute atomic E-state index is 12.9. The first-order chi connectivity index (χ1) is 11.7. The van der Waals surface area contributed by atoms with Crippen molar-refractivity contribution in [1.29, 1.82) is 0 Å². The van der Waals surface area contributed by atoms with E-state index in [9.17, 15) is 19.5 Å². The summed E-state index contributed by atoms with van der Waals surface area (Å²) in [6.07, 6.45) is 0. The number of hydrogen-bond acceptors (Lipinski definition) is 3. The Hall–Kier alpha value is -2.83. The zero-order valence-corrected chi connectivity index (χ0v) is 14.8. The van der Waals surface area contributed by atoms with E-state index in [4.69, 9.17) is 0 Å². The van der Waals surface area contributed by atoms with E-state index in [0.717, 1.165) is 22.0 Å². The summed E-state index contributed by atoms with van der Waals surface area (Å²) in [6, 6.07) is 4.61. The first-order valence-electron chi connectivity index (χ1n) is 8.09. The van der Waals surface area contributed by atoms with Gasteiger partial charge < -0.3 is 20.3 Å². The lowest BCUT2D eigenvalue weighted by atomic mass is 10.1. The maximum atomic E-state index is 12.9. The number of carboxylic acids is 1. The summed E-state index contributed by atoms with van der Waals surface area (Å²) in [5.41, 5.74) is 3.35. The molecule has 134 valence electrons. The van der Waals surface area contributed by atoms with Gasteiger partial charge >= 0.3 is 5.97 Å². The molecular weight excluding hydrogens is 322 g/mol. The highest BCUT2D eigenvalue weighted by Gasteiger charge is 2.27. The maximum Gasteiger partial charge on any atom is 0.326 e. The molecule has 7 nitrogen and oxygen atoms in total. The fourth-order valence-corrected chi connectivity index (χ4v) is 2.68. The van der Waals surface area contributed by atoms with Crippen molar-refractivity contribution in [2.75, 3.05) is 13.1 Å². The smallest absolute Gasteiger partial charge is 0.326 e. The van der Waals surface area contributed by atoms with Crippen LogP contribution < -0.4 is 5.32 Å². The van der Waals surface area contributed by atoms with Gasteiger partial charge in [0.05, 0.1) is 0 Å². The van der Waals surface area contributed by atoms with Gasteiger partial charge in [-0.3, -0.25) is 9.59 Å². The summed E-state index contributed by atoms with van der Waals surface area (Å²) >= 11 is 0. The number of carbonyl (C=O) groups is 3. The normalized spacial score (nSPS) is 12.0. The van der Waals surface area contributed by atoms with Crippen LogP contribution in [0.1, 0.15) is 35.5 Å². The first kappa shape index (κ1) is 18.5. The molecule has 0 aliphatic carbocycles. The van der Waals surface area contributed by atoms with Crippen LogP contribution in [-0.2, 0) is 9.59 Å². The summed E-state index contributed by atoms with van der Waals surface area (Å²) in [5, 5.41) is 12.8. The highest BCUT2D eigenvalue weighted by molar-refractivity contribution is 6.00. The molecule has 2 rings (SSSR count). The minimum atomic E-state index is -1.10. The Kier molecular flexibility index (Phi) is 5.46. The number of hydrogen-bond donors (Lipinski definition) is 3. The topological polar surface area (TPSA) is 103 Å². The molecule has 0 aliphatic rings. The predicted molar refractivity (Wildman–Crippen MR) is 94.6 cm³/mol. The van der Waals surface area contributed by atoms with Gasteiger partial charge in [-0.15, -0.1) is 0 Å². The van der Waals surface area contributed by atoms with Crippen molar-refractivity contribution in [3.05, 3.63) is 35.0 Å². The summed E-state index contributed by atoms with van der Waals surface area (Å²) in [7, 11) is 0. The Morgan fingerprint density at radius 2 is 1.96 bits per heavy atom. The number of nitrogens with one attached hydrogen (secondary N) is 2. The van der Waals surface area contributed by atoms with Crippen LogP contribution in [0.5, 0.6) is 0 Å². The van der Waals surface area contributed by atoms with Gasteiger partial charge in [0.1, 0.15) is 11.7 Å². The third-order valence-electron chi connectivity index (χ3n) is 4.39. The molecule has 25 heavy (non-hydrogen) atoms. The van der Waals surface area contributed by atoms with Gasteiger partial charge in [0.15, 0.2) is 0 Å². The number of nitrogens with zero attached hydrogens (tertiary/aromatic N) is 1. The van der Waals surface area contributed by atoms with Crippen LogP contribution in [-0.4, -0.2) is 51.9 Å². The number of rotatable bonds is 6. The molecule has 1 aromatic heterocycles. The van der Waals surface area contributed by atoms with Crippen molar-refractivity contribution < 1.29 is 19.5 Å². The zero-order chi connectivity index (χ0) is 18.7. The van der Waals surface area contributed by atoms with E-state index < -0.39 is 17.9 Å². The second-order valence-electron chi connectivity index (χ2n) is 6.15. The van der Waals surface area contributed by atoms with Crippen molar-refractivity contribution in [3.63, 3.8) is 0 Å². The molecular formula is C18H23N3O4. The van der Waals surface area contributed by atoms with Crippen molar-refractivity contribution >= 4 is 28.7 Å². The van der Waals surface area contributed by atoms with Gasteiger partial charge in [0.2, 0.25) is 5.91 Å². The molecule has 1 aromatic carbocycles. The van der Waals surface area contributed by atoms with Crippen LogP contribution in [0.15, 0.2) is 18.2 Å². The summed E-state index contributed by atoms with van der Waals surface area (Å²) < 4.78 is 0. The predicted octanol–water partition coefficient (Wildman–Crippen LogP) is 1.84. The Balaban J connectivity index is 2.33. The average molecular weight is 345 g/mol. The molecule has 0 saturated carbocycles. The number of benzene rings is 1. The lowest BCUT2D eigenvalue weighted by Crippen LogP contribution is -2.46. The molecule has 1 atom stereocenters. The third kappa shape index (κ3) is 3.99. The largest absolute Gasteiger partial charge is 0.480 e. The SMILES string of the molecule is CC(=O)NCCN(C(=O)c1cc2c(C)c(C)ccc2[nH]1)C(C)C(=O)O. The first-order valence-corrected chi connectivity index (χ1v) is 8.09. The van der Waals surface area contributed by atoms with Crippen molar-refractivity contribution in [2.45, 2.75) is 33.7 Å². The van der Waals surface area contributed by atoms with E-state index in [-0.39, 0.29) is 19.0 Å². The quantitative estimate of drug-likeness (QED) is 0.743. The second-order valence-corrected chi connectivity index (χ2v) is 6.15. The number of H-pyrrole nitrogens is 1. The van der Waals surface area contributed by atoms with Gasteiger partial charge in [-0.25, -0.2) is 4.79 Å². The molecule has 7 heteroatoms. The molecule has 0 spiro atoms. The Bertz CT molecular complexity index is 825. The van der Waals surface area contributed by atoms with E-state index in [1.807, 2.05) is 26.0 Å². The molecule has 1 unspecified atom stereocenters. The number of aromatic nitrogens is 1. The van der Waals surface area contributed by atoms with Crippen LogP contribution >= 0.6 is 0 Å². The number of carbonyl (C=O) groups excluding carboxylic acids is 2. The Morgan fingerprint density at radius 1 is 1.28 bits per heavy atom. The van der Waals surface area contributed by atoms with E-state index in [2.05, 4.69) is 10.3 Å². The standard InChI is InChI=1S/C18H23N3O4/c1-10-5-6-15-14(11(10)2)9-16(20-15)17(23)21(12(3)18(24)25)8-7-19-13(4)22/h5-6,9,12,20H,7-8H2,1-4H3,(H,19,22)(H,24,25). The van der Waals surface area contributed by atoms with Crippen molar-refractivity contribution in [3.8, 4) is 0 Å². The van der Waals surface area contributed by atoms with Crippen LogP contribution in [0.2, 0.25) is 0 Å². The highest BCUT2D eigenvalue weighted by Crippen LogP contribution is 2.23. The Morgan fingerprint density at radius 3 is 2.56 bits per heavy atom. The fraction of sp³-hybridized carbons (Fsp3) is 0.389. The van der Waals surface area contributed by atoms with Crippen LogP contribution in [0, 0.1) is 13.8 Å². The van der Waals surface area contributed by atoms with Crippen molar-refractivity contribution in [2.24, 2.45) is 0 Å². The lowest BCUT2D eigenvalue weighted by molar-refractivity contribution is -0.141. The molecule has 0 saturated heterocycles. The van der Waals surface area contributed by atoms with Crippen LogP contribution in [0.3, 0.4) is 0 Å². The number of carboxylic acid groups (broad SMARTS) is 1. The van der Waals surface area contributed by atoms with Gasteiger partial charge in [0.25, 0.3) is 5.91 Å². The Labute approximate surface area is 146 Å². The molecule has 0 radical (unpaired) electrons. The number of aromatic amines is 1. The molecule has 0 aliphatic heterocycles. The zero-order valence-electron chi connectivity index (χ0n) is 14.8. The van der Waals surface area contributed by atoms with Gasteiger partial charge in [-0.05, 0) is 44.0 Å². The van der Waals surface area contributed by atoms with Crippen molar-refractivity contribution in [1.82, 2.24) is 15.2 Å². The molecule has 2 amide bonds. The average Bonchev–Trinajstić information content (AvgIpc) is 2.98. The van der Waals surface area contributed by atoms with E-state index in [0.29, 0.717) is 5.69 Å². The minimum Gasteiger partial charge on any atom is -0.480 e. The number of aryl methyl sites for hydroxylation is 2. The summed E-state index contributed by atoms with van der Waals surface area (Å²) in [4.78, 5) is 39.5. The van der Waals surface area contributed by atoms with Gasteiger partial charge in [0, 0.05) is 30.9 Å². The second kappa shape index (κ2) is 7.38. The van der Waals surface area contributed by atoms with Gasteiger partial charge in [-0.2, -0.15) is 0 Å².